The molecule has 0 bridgehead atoms. The van der Waals surface area contributed by atoms with Gasteiger partial charge in [-0.05, 0) is 30.7 Å². The van der Waals surface area contributed by atoms with Crippen LogP contribution in [-0.2, 0) is 0 Å². The highest BCUT2D eigenvalue weighted by atomic mass is 32.2. The Labute approximate surface area is 83.3 Å². The third-order valence-corrected chi connectivity index (χ3v) is 2.72. The Hall–Kier alpha value is -0.710. The summed E-state index contributed by atoms with van der Waals surface area (Å²) in [5, 5.41) is 0. The summed E-state index contributed by atoms with van der Waals surface area (Å²) in [5.74, 6) is -0.459. The van der Waals surface area contributed by atoms with Gasteiger partial charge in [-0.25, -0.2) is 17.6 Å². The second-order valence-electron chi connectivity index (χ2n) is 2.71. The molecule has 0 aliphatic carbocycles. The Bertz CT molecular complexity index is 314. The SMILES string of the molecule is Cc1cc(F)ccc1SC(F)C(F)F. The van der Waals surface area contributed by atoms with Crippen molar-refractivity contribution in [2.45, 2.75) is 23.7 Å². The van der Waals surface area contributed by atoms with Crippen LogP contribution in [-0.4, -0.2) is 11.9 Å². The van der Waals surface area contributed by atoms with E-state index in [4.69, 9.17) is 0 Å². The van der Waals surface area contributed by atoms with Crippen molar-refractivity contribution in [1.29, 1.82) is 0 Å². The lowest BCUT2D eigenvalue weighted by molar-refractivity contribution is 0.0953. The number of hydrogen-bond acceptors (Lipinski definition) is 1. The van der Waals surface area contributed by atoms with E-state index >= 15 is 0 Å². The molecule has 0 aromatic heterocycles. The third kappa shape index (κ3) is 2.90. The van der Waals surface area contributed by atoms with Crippen LogP contribution in [0.4, 0.5) is 17.6 Å². The lowest BCUT2D eigenvalue weighted by atomic mass is 10.2. The zero-order valence-corrected chi connectivity index (χ0v) is 8.12. The van der Waals surface area contributed by atoms with Gasteiger partial charge in [0.05, 0.1) is 0 Å². The quantitative estimate of drug-likeness (QED) is 0.556. The fraction of sp³-hybridized carbons (Fsp3) is 0.333. The van der Waals surface area contributed by atoms with E-state index in [0.717, 1.165) is 6.07 Å². The first-order valence-electron chi connectivity index (χ1n) is 3.85. The van der Waals surface area contributed by atoms with E-state index in [1.165, 1.54) is 12.1 Å². The van der Waals surface area contributed by atoms with Crippen molar-refractivity contribution in [1.82, 2.24) is 0 Å². The maximum atomic E-state index is 12.6. The van der Waals surface area contributed by atoms with Crippen molar-refractivity contribution in [3.63, 3.8) is 0 Å². The van der Waals surface area contributed by atoms with E-state index in [1.807, 2.05) is 0 Å². The molecular weight excluding hydrogens is 216 g/mol. The van der Waals surface area contributed by atoms with Crippen molar-refractivity contribution in [3.05, 3.63) is 29.6 Å². The van der Waals surface area contributed by atoms with E-state index in [1.54, 1.807) is 6.92 Å². The smallest absolute Gasteiger partial charge is 0.229 e. The van der Waals surface area contributed by atoms with Crippen molar-refractivity contribution in [3.8, 4) is 0 Å². The number of hydrogen-bond donors (Lipinski definition) is 0. The van der Waals surface area contributed by atoms with Gasteiger partial charge in [-0.15, -0.1) is 0 Å². The molecule has 0 saturated carbocycles. The molecule has 0 saturated heterocycles. The summed E-state index contributed by atoms with van der Waals surface area (Å²) in [7, 11) is 0. The summed E-state index contributed by atoms with van der Waals surface area (Å²) in [6.45, 7) is 1.55. The standard InChI is InChI=1S/C9H8F4S/c1-5-4-6(10)2-3-7(5)14-9(13)8(11)12/h2-4,8-9H,1H3. The average Bonchev–Trinajstić information content (AvgIpc) is 2.09. The fourth-order valence-electron chi connectivity index (χ4n) is 0.918. The molecule has 0 amide bonds. The van der Waals surface area contributed by atoms with Crippen LogP contribution in [0.2, 0.25) is 0 Å². The van der Waals surface area contributed by atoms with Gasteiger partial charge < -0.3 is 0 Å². The van der Waals surface area contributed by atoms with Crippen LogP contribution in [0.15, 0.2) is 23.1 Å². The van der Waals surface area contributed by atoms with Crippen molar-refractivity contribution in [2.24, 2.45) is 0 Å². The predicted molar refractivity (Wildman–Crippen MR) is 47.9 cm³/mol. The first-order chi connectivity index (χ1) is 6.50. The first-order valence-corrected chi connectivity index (χ1v) is 4.73. The molecule has 0 fully saturated rings. The molecule has 1 unspecified atom stereocenters. The molecule has 14 heavy (non-hydrogen) atoms. The van der Waals surface area contributed by atoms with E-state index < -0.39 is 17.7 Å². The molecule has 1 atom stereocenters. The van der Waals surface area contributed by atoms with Crippen molar-refractivity contribution < 1.29 is 17.6 Å². The number of alkyl halides is 3. The summed E-state index contributed by atoms with van der Waals surface area (Å²) in [6.07, 6.45) is -3.02. The Kier molecular flexibility index (Phi) is 3.80. The first kappa shape index (κ1) is 11.4. The molecule has 0 spiro atoms. The summed E-state index contributed by atoms with van der Waals surface area (Å²) < 4.78 is 48.9. The number of halogens is 4. The van der Waals surface area contributed by atoms with Gasteiger partial charge in [0.15, 0.2) is 0 Å². The van der Waals surface area contributed by atoms with Crippen LogP contribution in [0.5, 0.6) is 0 Å². The van der Waals surface area contributed by atoms with Gasteiger partial charge in [-0.3, -0.25) is 0 Å². The van der Waals surface area contributed by atoms with E-state index in [0.29, 0.717) is 22.2 Å². The van der Waals surface area contributed by atoms with Crippen LogP contribution in [0, 0.1) is 12.7 Å². The molecule has 0 aliphatic rings. The van der Waals surface area contributed by atoms with Gasteiger partial charge in [-0.2, -0.15) is 0 Å². The summed E-state index contributed by atoms with van der Waals surface area (Å²) >= 11 is 0.404. The minimum Gasteiger partial charge on any atom is -0.229 e. The largest absolute Gasteiger partial charge is 0.278 e. The number of aryl methyl sites for hydroxylation is 1. The monoisotopic (exact) mass is 224 g/mol. The normalized spacial score (nSPS) is 13.3. The van der Waals surface area contributed by atoms with E-state index in [9.17, 15) is 17.6 Å². The van der Waals surface area contributed by atoms with Crippen molar-refractivity contribution in [2.75, 3.05) is 0 Å². The van der Waals surface area contributed by atoms with Crippen LogP contribution in [0.1, 0.15) is 5.56 Å². The van der Waals surface area contributed by atoms with Crippen molar-refractivity contribution >= 4 is 11.8 Å². The van der Waals surface area contributed by atoms with Crippen LogP contribution in [0.3, 0.4) is 0 Å². The third-order valence-electron chi connectivity index (χ3n) is 1.57. The zero-order chi connectivity index (χ0) is 10.7. The second kappa shape index (κ2) is 4.68. The Balaban J connectivity index is 2.77. The number of thioether (sulfide) groups is 1. The minimum atomic E-state index is -3.02. The molecule has 0 aliphatic heterocycles. The highest BCUT2D eigenvalue weighted by Crippen LogP contribution is 2.30. The minimum absolute atomic E-state index is 0.333. The molecule has 78 valence electrons. The van der Waals surface area contributed by atoms with Gasteiger partial charge in [0.2, 0.25) is 5.50 Å². The molecule has 5 heteroatoms. The number of rotatable bonds is 3. The highest BCUT2D eigenvalue weighted by Gasteiger charge is 2.21. The van der Waals surface area contributed by atoms with Crippen LogP contribution < -0.4 is 0 Å². The van der Waals surface area contributed by atoms with Gasteiger partial charge in [0.25, 0.3) is 6.43 Å². The Morgan fingerprint density at radius 1 is 1.21 bits per heavy atom. The topological polar surface area (TPSA) is 0 Å². The molecule has 1 aromatic carbocycles. The fourth-order valence-corrected chi connectivity index (χ4v) is 1.65. The molecular formula is C9H8F4S. The maximum absolute atomic E-state index is 12.6. The molecule has 0 radical (unpaired) electrons. The summed E-state index contributed by atoms with van der Waals surface area (Å²) in [5.41, 5.74) is -1.81. The molecule has 1 rings (SSSR count). The lowest BCUT2D eigenvalue weighted by Gasteiger charge is -2.08. The van der Waals surface area contributed by atoms with Gasteiger partial charge in [-0.1, -0.05) is 11.8 Å². The predicted octanol–water partition coefficient (Wildman–Crippen LogP) is 3.79. The molecule has 1 aromatic rings. The van der Waals surface area contributed by atoms with Gasteiger partial charge >= 0.3 is 0 Å². The van der Waals surface area contributed by atoms with Gasteiger partial charge in [0, 0.05) is 4.90 Å². The zero-order valence-electron chi connectivity index (χ0n) is 7.31. The van der Waals surface area contributed by atoms with E-state index in [-0.39, 0.29) is 0 Å². The highest BCUT2D eigenvalue weighted by molar-refractivity contribution is 7.99. The summed E-state index contributed by atoms with van der Waals surface area (Å²) in [6, 6.07) is 3.60. The second-order valence-corrected chi connectivity index (χ2v) is 3.84. The Morgan fingerprint density at radius 2 is 1.86 bits per heavy atom. The maximum Gasteiger partial charge on any atom is 0.278 e. The van der Waals surface area contributed by atoms with E-state index in [2.05, 4.69) is 0 Å². The summed E-state index contributed by atoms with van der Waals surface area (Å²) in [4.78, 5) is 0.333. The van der Waals surface area contributed by atoms with Crippen LogP contribution in [0.25, 0.3) is 0 Å². The van der Waals surface area contributed by atoms with Crippen LogP contribution >= 0.6 is 11.8 Å². The lowest BCUT2D eigenvalue weighted by Crippen LogP contribution is -2.06. The molecule has 0 N–H and O–H groups in total. The number of benzene rings is 1. The molecule has 0 heterocycles. The van der Waals surface area contributed by atoms with Gasteiger partial charge in [0.1, 0.15) is 5.82 Å². The molecule has 0 nitrogen and oxygen atoms in total. The average molecular weight is 224 g/mol. The Morgan fingerprint density at radius 3 is 2.36 bits per heavy atom.